The quantitative estimate of drug-likeness (QED) is 0.353. The number of benzene rings is 2. The largest absolute Gasteiger partial charge is 0.477 e. The van der Waals surface area contributed by atoms with Crippen molar-refractivity contribution in [3.63, 3.8) is 0 Å². The molecule has 165 valence electrons. The second-order valence-corrected chi connectivity index (χ2v) is 11.4. The molecule has 0 fully saturated rings. The van der Waals surface area contributed by atoms with Gasteiger partial charge < -0.3 is 9.16 Å². The molecule has 3 rings (SSSR count). The summed E-state index contributed by atoms with van der Waals surface area (Å²) in [6, 6.07) is 16.9. The zero-order chi connectivity index (χ0) is 22.3. The fraction of sp³-hybridized carbons (Fsp3) is 0.462. The SMILES string of the molecule is C[Si](C)OC(CCCc1ccc(CCOc2ncnc3ccccc23)cc1)C(C)(C)C. The summed E-state index contributed by atoms with van der Waals surface area (Å²) in [6.07, 6.45) is 6.11. The van der Waals surface area contributed by atoms with Crippen molar-refractivity contribution in [2.24, 2.45) is 5.41 Å². The number of aryl methyl sites for hydroxylation is 1. The molecule has 0 N–H and O–H groups in total. The lowest BCUT2D eigenvalue weighted by molar-refractivity contribution is 0.0767. The highest BCUT2D eigenvalue weighted by Crippen LogP contribution is 2.27. The maximum atomic E-state index is 6.26. The lowest BCUT2D eigenvalue weighted by Crippen LogP contribution is -2.33. The second kappa shape index (κ2) is 10.9. The van der Waals surface area contributed by atoms with Crippen LogP contribution in [-0.4, -0.2) is 31.7 Å². The average Bonchev–Trinajstić information content (AvgIpc) is 2.73. The number of nitrogens with zero attached hydrogens (tertiary/aromatic N) is 2. The highest BCUT2D eigenvalue weighted by molar-refractivity contribution is 6.48. The van der Waals surface area contributed by atoms with E-state index in [1.54, 1.807) is 6.33 Å². The number of aromatic nitrogens is 2. The maximum absolute atomic E-state index is 6.26. The van der Waals surface area contributed by atoms with Gasteiger partial charge in [-0.25, -0.2) is 9.97 Å². The molecule has 1 unspecified atom stereocenters. The van der Waals surface area contributed by atoms with Gasteiger partial charge in [-0.1, -0.05) is 57.2 Å². The van der Waals surface area contributed by atoms with Crippen LogP contribution in [0.3, 0.4) is 0 Å². The van der Waals surface area contributed by atoms with Gasteiger partial charge in [-0.05, 0) is 61.0 Å². The van der Waals surface area contributed by atoms with Crippen LogP contribution in [0.15, 0.2) is 54.9 Å². The van der Waals surface area contributed by atoms with E-state index in [-0.39, 0.29) is 5.41 Å². The highest BCUT2D eigenvalue weighted by Gasteiger charge is 2.25. The van der Waals surface area contributed by atoms with E-state index in [4.69, 9.17) is 9.16 Å². The molecular formula is C26H35N2O2Si. The Labute approximate surface area is 188 Å². The van der Waals surface area contributed by atoms with E-state index >= 15 is 0 Å². The number of hydrogen-bond acceptors (Lipinski definition) is 4. The lowest BCUT2D eigenvalue weighted by atomic mass is 9.86. The minimum absolute atomic E-state index is 0.195. The van der Waals surface area contributed by atoms with Crippen molar-refractivity contribution in [2.75, 3.05) is 6.61 Å². The van der Waals surface area contributed by atoms with Crippen molar-refractivity contribution in [3.8, 4) is 5.88 Å². The van der Waals surface area contributed by atoms with E-state index in [2.05, 4.69) is 68.1 Å². The molecule has 4 nitrogen and oxygen atoms in total. The van der Waals surface area contributed by atoms with Crippen LogP contribution in [0.25, 0.3) is 10.9 Å². The van der Waals surface area contributed by atoms with Crippen molar-refractivity contribution >= 4 is 19.9 Å². The van der Waals surface area contributed by atoms with Crippen molar-refractivity contribution in [2.45, 2.75) is 65.7 Å². The van der Waals surface area contributed by atoms with Crippen LogP contribution in [0, 0.1) is 5.41 Å². The monoisotopic (exact) mass is 435 g/mol. The first kappa shape index (κ1) is 23.4. The molecule has 1 radical (unpaired) electrons. The van der Waals surface area contributed by atoms with Gasteiger partial charge in [0.25, 0.3) is 0 Å². The van der Waals surface area contributed by atoms with Crippen molar-refractivity contribution < 1.29 is 9.16 Å². The number of fused-ring (bicyclic) bond motifs is 1. The predicted molar refractivity (Wildman–Crippen MR) is 130 cm³/mol. The average molecular weight is 436 g/mol. The molecule has 0 aliphatic carbocycles. The summed E-state index contributed by atoms with van der Waals surface area (Å²) in [6.45, 7) is 11.9. The van der Waals surface area contributed by atoms with Gasteiger partial charge >= 0.3 is 0 Å². The second-order valence-electron chi connectivity index (χ2n) is 9.38. The molecule has 0 aliphatic heterocycles. The van der Waals surface area contributed by atoms with Gasteiger partial charge in [0.1, 0.15) is 6.33 Å². The molecule has 0 saturated carbocycles. The Kier molecular flexibility index (Phi) is 8.21. The minimum atomic E-state index is -0.676. The zero-order valence-electron chi connectivity index (χ0n) is 19.5. The van der Waals surface area contributed by atoms with Gasteiger partial charge in [-0.15, -0.1) is 0 Å². The smallest absolute Gasteiger partial charge is 0.224 e. The summed E-state index contributed by atoms with van der Waals surface area (Å²) in [5.41, 5.74) is 3.77. The molecule has 2 aromatic carbocycles. The first-order valence-corrected chi connectivity index (χ1v) is 13.6. The van der Waals surface area contributed by atoms with Crippen molar-refractivity contribution in [3.05, 3.63) is 66.0 Å². The molecule has 0 amide bonds. The first-order valence-electron chi connectivity index (χ1n) is 11.2. The summed E-state index contributed by atoms with van der Waals surface area (Å²) in [5, 5.41) is 0.956. The Morgan fingerprint density at radius 1 is 0.903 bits per heavy atom. The van der Waals surface area contributed by atoms with Crippen LogP contribution in [-0.2, 0) is 17.3 Å². The summed E-state index contributed by atoms with van der Waals surface area (Å²) >= 11 is 0. The number of rotatable bonds is 10. The summed E-state index contributed by atoms with van der Waals surface area (Å²) < 4.78 is 12.2. The third kappa shape index (κ3) is 7.15. The third-order valence-corrected chi connectivity index (χ3v) is 6.19. The number of para-hydroxylation sites is 1. The van der Waals surface area contributed by atoms with Crippen LogP contribution in [0.5, 0.6) is 5.88 Å². The minimum Gasteiger partial charge on any atom is -0.477 e. The fourth-order valence-electron chi connectivity index (χ4n) is 3.68. The van der Waals surface area contributed by atoms with E-state index in [1.165, 1.54) is 11.1 Å². The van der Waals surface area contributed by atoms with E-state index < -0.39 is 9.04 Å². The third-order valence-electron chi connectivity index (χ3n) is 5.43. The molecule has 31 heavy (non-hydrogen) atoms. The lowest BCUT2D eigenvalue weighted by Gasteiger charge is -2.32. The Morgan fingerprint density at radius 2 is 1.58 bits per heavy atom. The van der Waals surface area contributed by atoms with Gasteiger partial charge in [0, 0.05) is 12.5 Å². The molecular weight excluding hydrogens is 400 g/mol. The number of hydrogen-bond donors (Lipinski definition) is 0. The van der Waals surface area contributed by atoms with Crippen LogP contribution < -0.4 is 4.74 Å². The van der Waals surface area contributed by atoms with E-state index in [0.29, 0.717) is 18.6 Å². The summed E-state index contributed by atoms with van der Waals surface area (Å²) in [7, 11) is -0.676. The van der Waals surface area contributed by atoms with Crippen LogP contribution in [0.4, 0.5) is 0 Å². The zero-order valence-corrected chi connectivity index (χ0v) is 20.5. The van der Waals surface area contributed by atoms with Crippen LogP contribution >= 0.6 is 0 Å². The Hall–Kier alpha value is -2.24. The predicted octanol–water partition coefficient (Wildman–Crippen LogP) is 6.26. The molecule has 1 aromatic heterocycles. The summed E-state index contributed by atoms with van der Waals surface area (Å²) in [4.78, 5) is 8.58. The standard InChI is InChI=1S/C26H35N2O2Si/c1-26(2,3)24(30-31(4)5)12-8-9-20-13-15-21(16-14-20)17-18-29-25-22-10-6-7-11-23(22)27-19-28-25/h6-7,10-11,13-16,19,24H,8-9,12,17-18H2,1-5H3. The van der Waals surface area contributed by atoms with Gasteiger partial charge in [-0.2, -0.15) is 0 Å². The maximum Gasteiger partial charge on any atom is 0.224 e. The van der Waals surface area contributed by atoms with Crippen molar-refractivity contribution in [1.82, 2.24) is 9.97 Å². The van der Waals surface area contributed by atoms with E-state index in [9.17, 15) is 0 Å². The Morgan fingerprint density at radius 3 is 2.26 bits per heavy atom. The normalized spacial score (nSPS) is 13.0. The van der Waals surface area contributed by atoms with Gasteiger partial charge in [-0.3, -0.25) is 0 Å². The van der Waals surface area contributed by atoms with Gasteiger partial charge in [0.2, 0.25) is 14.9 Å². The van der Waals surface area contributed by atoms with Gasteiger partial charge in [0.15, 0.2) is 0 Å². The molecule has 5 heteroatoms. The molecule has 0 aliphatic rings. The molecule has 3 aromatic rings. The molecule has 0 saturated heterocycles. The topological polar surface area (TPSA) is 44.2 Å². The fourth-order valence-corrected chi connectivity index (χ4v) is 4.72. The van der Waals surface area contributed by atoms with Gasteiger partial charge in [0.05, 0.1) is 17.5 Å². The Balaban J connectivity index is 1.47. The molecule has 1 atom stereocenters. The Bertz CT molecular complexity index is 946. The van der Waals surface area contributed by atoms with Crippen molar-refractivity contribution in [1.29, 1.82) is 0 Å². The summed E-state index contributed by atoms with van der Waals surface area (Å²) in [5.74, 6) is 0.654. The van der Waals surface area contributed by atoms with E-state index in [1.807, 2.05) is 24.3 Å². The number of ether oxygens (including phenoxy) is 1. The van der Waals surface area contributed by atoms with E-state index in [0.717, 1.165) is 36.6 Å². The molecule has 0 spiro atoms. The van der Waals surface area contributed by atoms with Crippen LogP contribution in [0.2, 0.25) is 13.1 Å². The molecule has 1 heterocycles. The first-order chi connectivity index (χ1) is 14.8. The van der Waals surface area contributed by atoms with Crippen LogP contribution in [0.1, 0.15) is 44.7 Å². The highest BCUT2D eigenvalue weighted by atomic mass is 28.3. The molecule has 0 bridgehead atoms.